The fourth-order valence-corrected chi connectivity index (χ4v) is 0.617. The van der Waals surface area contributed by atoms with E-state index in [1.54, 1.807) is 0 Å². The van der Waals surface area contributed by atoms with Gasteiger partial charge >= 0.3 is 0 Å². The van der Waals surface area contributed by atoms with E-state index in [0.717, 1.165) is 13.1 Å². The van der Waals surface area contributed by atoms with Crippen LogP contribution in [0.15, 0.2) is 0 Å². The van der Waals surface area contributed by atoms with Crippen LogP contribution in [0.2, 0.25) is 0 Å². The third-order valence-electron chi connectivity index (χ3n) is 0.967. The van der Waals surface area contributed by atoms with E-state index in [2.05, 4.69) is 17.7 Å². The van der Waals surface area contributed by atoms with Crippen LogP contribution in [0.5, 0.6) is 0 Å². The van der Waals surface area contributed by atoms with Crippen molar-refractivity contribution in [2.75, 3.05) is 20.1 Å². The van der Waals surface area contributed by atoms with Gasteiger partial charge in [-0.05, 0) is 20.0 Å². The summed E-state index contributed by atoms with van der Waals surface area (Å²) in [5.41, 5.74) is 0. The lowest BCUT2D eigenvalue weighted by molar-refractivity contribution is 0.376. The van der Waals surface area contributed by atoms with Crippen LogP contribution in [-0.4, -0.2) is 25.0 Å². The van der Waals surface area contributed by atoms with E-state index in [1.807, 2.05) is 7.05 Å². The number of terminal acetylenes is 1. The van der Waals surface area contributed by atoms with Crippen LogP contribution in [0.1, 0.15) is 13.3 Å². The van der Waals surface area contributed by atoms with Gasteiger partial charge in [0.15, 0.2) is 0 Å². The van der Waals surface area contributed by atoms with Gasteiger partial charge in [0, 0.05) is 0 Å². The molecule has 0 heterocycles. The molecule has 46 valence electrons. The zero-order valence-electron chi connectivity index (χ0n) is 5.65. The van der Waals surface area contributed by atoms with Crippen molar-refractivity contribution in [2.45, 2.75) is 13.3 Å². The molecule has 0 rings (SSSR count). The second-order valence-corrected chi connectivity index (χ2v) is 1.94. The van der Waals surface area contributed by atoms with Crippen molar-refractivity contribution in [1.29, 1.82) is 0 Å². The molecule has 0 aliphatic heterocycles. The second kappa shape index (κ2) is 4.67. The van der Waals surface area contributed by atoms with Crippen molar-refractivity contribution in [3.63, 3.8) is 0 Å². The predicted molar refractivity (Wildman–Crippen MR) is 36.6 cm³/mol. The van der Waals surface area contributed by atoms with Crippen LogP contribution < -0.4 is 0 Å². The zero-order chi connectivity index (χ0) is 6.41. The van der Waals surface area contributed by atoms with E-state index >= 15 is 0 Å². The van der Waals surface area contributed by atoms with Crippen LogP contribution >= 0.6 is 0 Å². The maximum absolute atomic E-state index is 5.07. The molecule has 0 fully saturated rings. The minimum atomic E-state index is 0.772. The molecule has 0 spiro atoms. The molecule has 1 heteroatoms. The van der Waals surface area contributed by atoms with Gasteiger partial charge in [0.05, 0.1) is 6.54 Å². The Hall–Kier alpha value is -0.480. The van der Waals surface area contributed by atoms with E-state index in [0.29, 0.717) is 0 Å². The molecule has 0 radical (unpaired) electrons. The van der Waals surface area contributed by atoms with Crippen LogP contribution in [0, 0.1) is 12.3 Å². The van der Waals surface area contributed by atoms with Crippen LogP contribution in [-0.2, 0) is 0 Å². The summed E-state index contributed by atoms with van der Waals surface area (Å²) < 4.78 is 0. The molecule has 0 amide bonds. The first-order chi connectivity index (χ1) is 3.81. The van der Waals surface area contributed by atoms with Gasteiger partial charge in [0.1, 0.15) is 0 Å². The van der Waals surface area contributed by atoms with Crippen molar-refractivity contribution < 1.29 is 0 Å². The summed E-state index contributed by atoms with van der Waals surface area (Å²) in [4.78, 5) is 2.12. The van der Waals surface area contributed by atoms with Crippen molar-refractivity contribution in [2.24, 2.45) is 0 Å². The van der Waals surface area contributed by atoms with Crippen LogP contribution in [0.4, 0.5) is 0 Å². The van der Waals surface area contributed by atoms with Crippen LogP contribution in [0.3, 0.4) is 0 Å². The highest BCUT2D eigenvalue weighted by molar-refractivity contribution is 4.86. The molecule has 1 nitrogen and oxygen atoms in total. The van der Waals surface area contributed by atoms with Gasteiger partial charge in [-0.2, -0.15) is 0 Å². The quantitative estimate of drug-likeness (QED) is 0.490. The SMILES string of the molecule is C#CCN(C)CCC. The first-order valence-electron chi connectivity index (χ1n) is 2.93. The normalized spacial score (nSPS) is 9.25. The number of hydrogen-bond donors (Lipinski definition) is 0. The summed E-state index contributed by atoms with van der Waals surface area (Å²) in [6, 6.07) is 0. The molecule has 8 heavy (non-hydrogen) atoms. The lowest BCUT2D eigenvalue weighted by Gasteiger charge is -2.09. The third-order valence-corrected chi connectivity index (χ3v) is 0.967. The van der Waals surface area contributed by atoms with Gasteiger partial charge in [-0.15, -0.1) is 6.42 Å². The van der Waals surface area contributed by atoms with Crippen molar-refractivity contribution in [3.05, 3.63) is 0 Å². The minimum Gasteiger partial charge on any atom is -0.295 e. The highest BCUT2D eigenvalue weighted by Gasteiger charge is 1.88. The molecule has 0 bridgehead atoms. The Balaban J connectivity index is 3.08. The van der Waals surface area contributed by atoms with E-state index in [1.165, 1.54) is 6.42 Å². The fourth-order valence-electron chi connectivity index (χ4n) is 0.617. The Kier molecular flexibility index (Phi) is 4.39. The highest BCUT2D eigenvalue weighted by atomic mass is 15.1. The molecule has 0 saturated carbocycles. The Morgan fingerprint density at radius 3 is 2.62 bits per heavy atom. The summed E-state index contributed by atoms with van der Waals surface area (Å²) in [7, 11) is 2.03. The molecule has 0 aromatic heterocycles. The maximum Gasteiger partial charge on any atom is 0.0596 e. The number of hydrogen-bond acceptors (Lipinski definition) is 1. The zero-order valence-corrected chi connectivity index (χ0v) is 5.65. The highest BCUT2D eigenvalue weighted by Crippen LogP contribution is 1.82. The third kappa shape index (κ3) is 3.70. The molecule has 0 aromatic carbocycles. The summed E-state index contributed by atoms with van der Waals surface area (Å²) >= 11 is 0. The van der Waals surface area contributed by atoms with E-state index in [9.17, 15) is 0 Å². The predicted octanol–water partition coefficient (Wildman–Crippen LogP) is 0.961. The van der Waals surface area contributed by atoms with E-state index in [-0.39, 0.29) is 0 Å². The van der Waals surface area contributed by atoms with E-state index < -0.39 is 0 Å². The van der Waals surface area contributed by atoms with Gasteiger partial charge in [0.25, 0.3) is 0 Å². The molecule has 0 atom stereocenters. The number of rotatable bonds is 3. The molecule has 0 aromatic rings. The summed E-state index contributed by atoms with van der Waals surface area (Å²) in [6.45, 7) is 4.02. The Morgan fingerprint density at radius 2 is 2.25 bits per heavy atom. The van der Waals surface area contributed by atoms with Gasteiger partial charge in [-0.3, -0.25) is 4.90 Å². The lowest BCUT2D eigenvalue weighted by atomic mass is 10.4. The molecule has 0 unspecified atom stereocenters. The summed E-state index contributed by atoms with van der Waals surface area (Å²) in [5, 5.41) is 0. The Labute approximate surface area is 51.7 Å². The fraction of sp³-hybridized carbons (Fsp3) is 0.714. The standard InChI is InChI=1S/C7H13N/c1-4-6-8(3)7-5-2/h1H,5-7H2,2-3H3. The van der Waals surface area contributed by atoms with Gasteiger partial charge in [-0.1, -0.05) is 12.8 Å². The minimum absolute atomic E-state index is 0.772. The average molecular weight is 111 g/mol. The topological polar surface area (TPSA) is 3.24 Å². The second-order valence-electron chi connectivity index (χ2n) is 1.94. The maximum atomic E-state index is 5.07. The molecular formula is C7H13N. The molecule has 0 aliphatic carbocycles. The van der Waals surface area contributed by atoms with Crippen molar-refractivity contribution >= 4 is 0 Å². The average Bonchev–Trinajstić information content (AvgIpc) is 1.68. The summed E-state index contributed by atoms with van der Waals surface area (Å²) in [6.07, 6.45) is 6.25. The number of nitrogens with zero attached hydrogens (tertiary/aromatic N) is 1. The monoisotopic (exact) mass is 111 g/mol. The molecule has 0 saturated heterocycles. The molecule has 0 aliphatic rings. The summed E-state index contributed by atoms with van der Waals surface area (Å²) in [5.74, 6) is 2.58. The van der Waals surface area contributed by atoms with Gasteiger partial charge in [-0.25, -0.2) is 0 Å². The molecule has 0 N–H and O–H groups in total. The lowest BCUT2D eigenvalue weighted by Crippen LogP contribution is -2.18. The van der Waals surface area contributed by atoms with E-state index in [4.69, 9.17) is 6.42 Å². The molecular weight excluding hydrogens is 98.1 g/mol. The Morgan fingerprint density at radius 1 is 1.62 bits per heavy atom. The van der Waals surface area contributed by atoms with Crippen molar-refractivity contribution in [3.8, 4) is 12.3 Å². The first kappa shape index (κ1) is 7.52. The van der Waals surface area contributed by atoms with Gasteiger partial charge in [0.2, 0.25) is 0 Å². The largest absolute Gasteiger partial charge is 0.295 e. The Bertz CT molecular complexity index is 80.9. The van der Waals surface area contributed by atoms with Crippen LogP contribution in [0.25, 0.3) is 0 Å². The first-order valence-corrected chi connectivity index (χ1v) is 2.93. The smallest absolute Gasteiger partial charge is 0.0596 e. The van der Waals surface area contributed by atoms with Crippen molar-refractivity contribution in [1.82, 2.24) is 4.90 Å². The van der Waals surface area contributed by atoms with Gasteiger partial charge < -0.3 is 0 Å².